The molecule has 1 aromatic heterocycles. The minimum absolute atomic E-state index is 0.204. The quantitative estimate of drug-likeness (QED) is 0.861. The van der Waals surface area contributed by atoms with Crippen LogP contribution in [0.15, 0.2) is 4.52 Å². The van der Waals surface area contributed by atoms with Crippen LogP contribution in [0.5, 0.6) is 0 Å². The van der Waals surface area contributed by atoms with Gasteiger partial charge in [-0.25, -0.2) is 0 Å². The number of nitrogens with zero attached hydrogens (tertiary/aromatic N) is 3. The molecule has 0 aliphatic carbocycles. The number of hydrogen-bond donors (Lipinski definition) is 1. The predicted octanol–water partition coefficient (Wildman–Crippen LogP) is 1.52. The van der Waals surface area contributed by atoms with E-state index < -0.39 is 11.9 Å². The molecule has 0 fully saturated rings. The maximum atomic E-state index is 10.7. The van der Waals surface area contributed by atoms with Gasteiger partial charge in [-0.15, -0.1) is 0 Å². The number of carboxylic acid groups (broad SMARTS) is 1. The Morgan fingerprint density at radius 2 is 2.12 bits per heavy atom. The number of carbonyl (C=O) groups is 1. The van der Waals surface area contributed by atoms with Gasteiger partial charge in [-0.1, -0.05) is 27.7 Å². The molecule has 17 heavy (non-hydrogen) atoms. The summed E-state index contributed by atoms with van der Waals surface area (Å²) in [5.74, 6) is -0.349. The van der Waals surface area contributed by atoms with Gasteiger partial charge < -0.3 is 14.5 Å². The maximum Gasteiger partial charge on any atom is 0.308 e. The van der Waals surface area contributed by atoms with Crippen molar-refractivity contribution in [3.63, 3.8) is 0 Å². The highest BCUT2D eigenvalue weighted by Crippen LogP contribution is 2.22. The van der Waals surface area contributed by atoms with E-state index in [1.165, 1.54) is 0 Å². The third-order valence-electron chi connectivity index (χ3n) is 2.37. The van der Waals surface area contributed by atoms with Crippen molar-refractivity contribution in [2.45, 2.75) is 33.1 Å². The van der Waals surface area contributed by atoms with E-state index in [0.29, 0.717) is 18.4 Å². The molecule has 1 rings (SSSR count). The summed E-state index contributed by atoms with van der Waals surface area (Å²) >= 11 is 0. The lowest BCUT2D eigenvalue weighted by atomic mass is 9.97. The van der Waals surface area contributed by atoms with E-state index in [1.807, 2.05) is 20.8 Å². The van der Waals surface area contributed by atoms with Crippen LogP contribution < -0.4 is 4.90 Å². The Morgan fingerprint density at radius 1 is 1.53 bits per heavy atom. The Labute approximate surface area is 101 Å². The van der Waals surface area contributed by atoms with Gasteiger partial charge in [0, 0.05) is 19.0 Å². The van der Waals surface area contributed by atoms with Crippen LogP contribution in [0.4, 0.5) is 5.95 Å². The second-order valence-electron chi connectivity index (χ2n) is 5.27. The topological polar surface area (TPSA) is 79.5 Å². The van der Waals surface area contributed by atoms with E-state index in [1.54, 1.807) is 18.9 Å². The molecule has 1 heterocycles. The van der Waals surface area contributed by atoms with Crippen LogP contribution in [0.2, 0.25) is 0 Å². The van der Waals surface area contributed by atoms with Gasteiger partial charge in [0.05, 0.1) is 5.92 Å². The van der Waals surface area contributed by atoms with Crippen LogP contribution in [0.25, 0.3) is 0 Å². The van der Waals surface area contributed by atoms with Gasteiger partial charge in [-0.2, -0.15) is 4.98 Å². The highest BCUT2D eigenvalue weighted by atomic mass is 16.5. The van der Waals surface area contributed by atoms with Crippen molar-refractivity contribution in [1.29, 1.82) is 0 Å². The molecule has 0 aromatic carbocycles. The summed E-state index contributed by atoms with van der Waals surface area (Å²) in [6.45, 7) is 7.92. The molecule has 0 spiro atoms. The standard InChI is InChI=1S/C11H19N3O3/c1-7(8(15)16)6-14(5)10-12-9(17-13-10)11(2,3)4/h7H,6H2,1-5H3,(H,15,16). The summed E-state index contributed by atoms with van der Waals surface area (Å²) in [4.78, 5) is 16.7. The second-order valence-corrected chi connectivity index (χ2v) is 5.27. The van der Waals surface area contributed by atoms with Crippen molar-refractivity contribution in [3.05, 3.63) is 5.89 Å². The minimum atomic E-state index is -0.837. The van der Waals surface area contributed by atoms with Crippen molar-refractivity contribution in [3.8, 4) is 0 Å². The van der Waals surface area contributed by atoms with Gasteiger partial charge in [0.2, 0.25) is 5.89 Å². The number of aromatic nitrogens is 2. The molecule has 1 unspecified atom stereocenters. The summed E-state index contributed by atoms with van der Waals surface area (Å²) < 4.78 is 5.14. The molecular weight excluding hydrogens is 222 g/mol. The first-order valence-corrected chi connectivity index (χ1v) is 5.50. The zero-order valence-corrected chi connectivity index (χ0v) is 10.9. The van der Waals surface area contributed by atoms with Crippen LogP contribution in [0.1, 0.15) is 33.6 Å². The number of anilines is 1. The summed E-state index contributed by atoms with van der Waals surface area (Å²) in [5, 5.41) is 12.7. The van der Waals surface area contributed by atoms with E-state index in [4.69, 9.17) is 9.63 Å². The average Bonchev–Trinajstić information content (AvgIpc) is 2.65. The van der Waals surface area contributed by atoms with Crippen LogP contribution in [-0.4, -0.2) is 34.8 Å². The Bertz CT molecular complexity index is 395. The zero-order chi connectivity index (χ0) is 13.2. The van der Waals surface area contributed by atoms with Crippen LogP contribution >= 0.6 is 0 Å². The van der Waals surface area contributed by atoms with Gasteiger partial charge in [-0.05, 0) is 5.16 Å². The van der Waals surface area contributed by atoms with E-state index in [-0.39, 0.29) is 5.41 Å². The smallest absolute Gasteiger partial charge is 0.308 e. The van der Waals surface area contributed by atoms with Gasteiger partial charge >= 0.3 is 5.97 Å². The first-order chi connectivity index (χ1) is 7.71. The molecule has 0 amide bonds. The number of carboxylic acids is 1. The fourth-order valence-electron chi connectivity index (χ4n) is 1.25. The Morgan fingerprint density at radius 3 is 2.53 bits per heavy atom. The lowest BCUT2D eigenvalue weighted by molar-refractivity contribution is -0.140. The molecule has 6 nitrogen and oxygen atoms in total. The van der Waals surface area contributed by atoms with Gasteiger partial charge in [0.15, 0.2) is 0 Å². The number of rotatable bonds is 4. The highest BCUT2D eigenvalue weighted by Gasteiger charge is 2.24. The van der Waals surface area contributed by atoms with E-state index in [2.05, 4.69) is 10.1 Å². The fourth-order valence-corrected chi connectivity index (χ4v) is 1.25. The normalized spacial score (nSPS) is 13.5. The summed E-state index contributed by atoms with van der Waals surface area (Å²) in [6, 6.07) is 0. The SMILES string of the molecule is CC(CN(C)c1noc(C(C)(C)C)n1)C(=O)O. The third kappa shape index (κ3) is 3.44. The molecule has 0 aliphatic rings. The van der Waals surface area contributed by atoms with Crippen LogP contribution in [0.3, 0.4) is 0 Å². The molecule has 1 atom stereocenters. The molecule has 0 bridgehead atoms. The number of aliphatic carboxylic acids is 1. The summed E-state index contributed by atoms with van der Waals surface area (Å²) in [5.41, 5.74) is -0.204. The molecule has 1 N–H and O–H groups in total. The molecule has 0 saturated carbocycles. The van der Waals surface area contributed by atoms with E-state index in [9.17, 15) is 4.79 Å². The van der Waals surface area contributed by atoms with Crippen LogP contribution in [0, 0.1) is 5.92 Å². The Kier molecular flexibility index (Phi) is 3.75. The molecule has 6 heteroatoms. The zero-order valence-electron chi connectivity index (χ0n) is 10.9. The van der Waals surface area contributed by atoms with Crippen molar-refractivity contribution in [2.75, 3.05) is 18.5 Å². The highest BCUT2D eigenvalue weighted by molar-refractivity contribution is 5.70. The maximum absolute atomic E-state index is 10.7. The first kappa shape index (κ1) is 13.5. The van der Waals surface area contributed by atoms with Crippen molar-refractivity contribution >= 4 is 11.9 Å². The lowest BCUT2D eigenvalue weighted by Gasteiger charge is -2.16. The largest absolute Gasteiger partial charge is 0.481 e. The monoisotopic (exact) mass is 241 g/mol. The Balaban J connectivity index is 2.74. The van der Waals surface area contributed by atoms with Crippen LogP contribution in [-0.2, 0) is 10.2 Å². The molecule has 0 radical (unpaired) electrons. The van der Waals surface area contributed by atoms with Crippen molar-refractivity contribution < 1.29 is 14.4 Å². The summed E-state index contributed by atoms with van der Waals surface area (Å²) in [7, 11) is 1.75. The average molecular weight is 241 g/mol. The molecule has 1 aromatic rings. The Hall–Kier alpha value is -1.59. The molecule has 96 valence electrons. The number of hydrogen-bond acceptors (Lipinski definition) is 5. The van der Waals surface area contributed by atoms with Gasteiger partial charge in [0.25, 0.3) is 5.95 Å². The van der Waals surface area contributed by atoms with Gasteiger partial charge in [-0.3, -0.25) is 4.79 Å². The van der Waals surface area contributed by atoms with E-state index in [0.717, 1.165) is 0 Å². The second kappa shape index (κ2) is 4.73. The molecular formula is C11H19N3O3. The fraction of sp³-hybridized carbons (Fsp3) is 0.727. The van der Waals surface area contributed by atoms with Gasteiger partial charge in [0.1, 0.15) is 0 Å². The molecule has 0 aliphatic heterocycles. The minimum Gasteiger partial charge on any atom is -0.481 e. The predicted molar refractivity (Wildman–Crippen MR) is 63.1 cm³/mol. The molecule has 0 saturated heterocycles. The van der Waals surface area contributed by atoms with E-state index >= 15 is 0 Å². The first-order valence-electron chi connectivity index (χ1n) is 5.50. The third-order valence-corrected chi connectivity index (χ3v) is 2.37. The lowest BCUT2D eigenvalue weighted by Crippen LogP contribution is -2.29. The summed E-state index contributed by atoms with van der Waals surface area (Å²) in [6.07, 6.45) is 0. The van der Waals surface area contributed by atoms with Crippen molar-refractivity contribution in [1.82, 2.24) is 10.1 Å². The van der Waals surface area contributed by atoms with Crippen molar-refractivity contribution in [2.24, 2.45) is 5.92 Å².